The van der Waals surface area contributed by atoms with Crippen molar-refractivity contribution < 1.29 is 28.9 Å². The minimum atomic E-state index is -0.970. The summed E-state index contributed by atoms with van der Waals surface area (Å²) in [4.78, 5) is 22.0. The molecule has 0 saturated heterocycles. The second kappa shape index (κ2) is 10.3. The zero-order valence-corrected chi connectivity index (χ0v) is 13.3. The van der Waals surface area contributed by atoms with E-state index in [0.717, 1.165) is 6.42 Å². The van der Waals surface area contributed by atoms with Crippen molar-refractivity contribution in [3.63, 3.8) is 0 Å². The molecule has 1 aromatic rings. The van der Waals surface area contributed by atoms with Crippen LogP contribution in [0.15, 0.2) is 18.2 Å². The maximum Gasteiger partial charge on any atom is 0.319 e. The molecule has 1 aromatic carbocycles. The highest BCUT2D eigenvalue weighted by atomic mass is 16.5. The summed E-state index contributed by atoms with van der Waals surface area (Å²) in [5.41, 5.74) is 0.513. The first kappa shape index (κ1) is 18.6. The van der Waals surface area contributed by atoms with Crippen LogP contribution in [0.1, 0.15) is 12.8 Å². The molecule has 0 radical (unpaired) electrons. The van der Waals surface area contributed by atoms with E-state index >= 15 is 0 Å². The first-order valence-electron chi connectivity index (χ1n) is 7.13. The molecule has 0 spiro atoms. The van der Waals surface area contributed by atoms with Gasteiger partial charge >= 0.3 is 12.0 Å². The van der Waals surface area contributed by atoms with Gasteiger partial charge in [-0.2, -0.15) is 0 Å². The summed E-state index contributed by atoms with van der Waals surface area (Å²) < 4.78 is 15.8. The summed E-state index contributed by atoms with van der Waals surface area (Å²) >= 11 is 0. The minimum absolute atomic E-state index is 0.0546. The number of amides is 2. The van der Waals surface area contributed by atoms with Crippen LogP contribution in [0, 0.1) is 0 Å². The Hall–Kier alpha value is -2.48. The molecular weight excluding hydrogens is 304 g/mol. The number of carbonyl (C=O) groups excluding carboxylic acids is 1. The van der Waals surface area contributed by atoms with Gasteiger partial charge in [0.15, 0.2) is 11.5 Å². The fraction of sp³-hybridized carbons (Fsp3) is 0.467. The summed E-state index contributed by atoms with van der Waals surface area (Å²) in [7, 11) is 3.14. The van der Waals surface area contributed by atoms with Crippen molar-refractivity contribution >= 4 is 17.7 Å². The van der Waals surface area contributed by atoms with Crippen LogP contribution in [0.2, 0.25) is 0 Å². The fourth-order valence-electron chi connectivity index (χ4n) is 1.71. The van der Waals surface area contributed by atoms with Crippen LogP contribution < -0.4 is 20.1 Å². The molecule has 0 saturated carbocycles. The summed E-state index contributed by atoms with van der Waals surface area (Å²) in [6.07, 6.45) is 0.622. The van der Waals surface area contributed by atoms with Crippen molar-refractivity contribution in [1.29, 1.82) is 0 Å². The van der Waals surface area contributed by atoms with E-state index in [1.165, 1.54) is 7.11 Å². The maximum atomic E-state index is 11.6. The Kier molecular flexibility index (Phi) is 8.30. The van der Waals surface area contributed by atoms with Gasteiger partial charge in [0.25, 0.3) is 0 Å². The number of ether oxygens (including phenoxy) is 3. The molecule has 0 aliphatic heterocycles. The molecule has 8 heteroatoms. The normalized spacial score (nSPS) is 10.0. The summed E-state index contributed by atoms with van der Waals surface area (Å²) in [6.45, 7) is 1.16. The summed E-state index contributed by atoms with van der Waals surface area (Å²) in [5.74, 6) is 0.0909. The van der Waals surface area contributed by atoms with E-state index in [2.05, 4.69) is 10.6 Å². The van der Waals surface area contributed by atoms with Crippen molar-refractivity contribution in [3.8, 4) is 11.5 Å². The predicted octanol–water partition coefficient (Wildman–Crippen LogP) is 1.71. The van der Waals surface area contributed by atoms with Crippen LogP contribution in [0.5, 0.6) is 11.5 Å². The lowest BCUT2D eigenvalue weighted by Crippen LogP contribution is -2.30. The Morgan fingerprint density at radius 2 is 1.96 bits per heavy atom. The number of carbonyl (C=O) groups is 2. The monoisotopic (exact) mass is 326 g/mol. The van der Waals surface area contributed by atoms with Gasteiger partial charge < -0.3 is 30.0 Å². The summed E-state index contributed by atoms with van der Waals surface area (Å²) in [5, 5.41) is 13.6. The van der Waals surface area contributed by atoms with Crippen LogP contribution in [0.3, 0.4) is 0 Å². The van der Waals surface area contributed by atoms with Gasteiger partial charge in [0, 0.05) is 38.4 Å². The molecule has 0 fully saturated rings. The number of urea groups is 1. The molecule has 0 bridgehead atoms. The van der Waals surface area contributed by atoms with E-state index in [1.807, 2.05) is 0 Å². The molecule has 0 aliphatic rings. The molecule has 8 nitrogen and oxygen atoms in total. The number of rotatable bonds is 10. The van der Waals surface area contributed by atoms with Crippen molar-refractivity contribution in [2.75, 3.05) is 39.3 Å². The molecule has 23 heavy (non-hydrogen) atoms. The lowest BCUT2D eigenvalue weighted by molar-refractivity contribution is -0.136. The number of hydrogen-bond donors (Lipinski definition) is 3. The van der Waals surface area contributed by atoms with Crippen LogP contribution in [-0.2, 0) is 9.53 Å². The van der Waals surface area contributed by atoms with Crippen molar-refractivity contribution in [2.24, 2.45) is 0 Å². The standard InChI is InChI=1S/C15H22N2O6/c1-21-8-3-9-23-12-5-4-11(10-13(12)22-2)17-15(20)16-7-6-14(18)19/h4-5,10H,3,6-9H2,1-2H3,(H,18,19)(H2,16,17,20). The Labute approximate surface area is 134 Å². The number of nitrogens with one attached hydrogen (secondary N) is 2. The molecule has 0 unspecified atom stereocenters. The number of carboxylic acids is 1. The van der Waals surface area contributed by atoms with Gasteiger partial charge in [-0.15, -0.1) is 0 Å². The number of hydrogen-bond acceptors (Lipinski definition) is 5. The molecule has 128 valence electrons. The van der Waals surface area contributed by atoms with E-state index in [4.69, 9.17) is 19.3 Å². The minimum Gasteiger partial charge on any atom is -0.493 e. The highest BCUT2D eigenvalue weighted by Crippen LogP contribution is 2.30. The average molecular weight is 326 g/mol. The Balaban J connectivity index is 2.53. The summed E-state index contributed by atoms with van der Waals surface area (Å²) in [6, 6.07) is 4.51. The maximum absolute atomic E-state index is 11.6. The van der Waals surface area contributed by atoms with Gasteiger partial charge in [-0.1, -0.05) is 0 Å². The van der Waals surface area contributed by atoms with Gasteiger partial charge in [0.2, 0.25) is 0 Å². The van der Waals surface area contributed by atoms with Gasteiger partial charge in [0.05, 0.1) is 20.1 Å². The van der Waals surface area contributed by atoms with E-state index in [1.54, 1.807) is 25.3 Å². The highest BCUT2D eigenvalue weighted by Gasteiger charge is 2.08. The smallest absolute Gasteiger partial charge is 0.319 e. The molecule has 0 atom stereocenters. The van der Waals surface area contributed by atoms with Crippen LogP contribution in [-0.4, -0.2) is 51.1 Å². The zero-order chi connectivity index (χ0) is 17.1. The Bertz CT molecular complexity index is 521. The first-order chi connectivity index (χ1) is 11.1. The third-order valence-corrected chi connectivity index (χ3v) is 2.80. The zero-order valence-electron chi connectivity index (χ0n) is 13.3. The third-order valence-electron chi connectivity index (χ3n) is 2.80. The number of aliphatic carboxylic acids is 1. The molecule has 3 N–H and O–H groups in total. The second-order valence-corrected chi connectivity index (χ2v) is 4.59. The van der Waals surface area contributed by atoms with E-state index in [0.29, 0.717) is 30.4 Å². The van der Waals surface area contributed by atoms with Gasteiger partial charge in [-0.05, 0) is 12.1 Å². The first-order valence-corrected chi connectivity index (χ1v) is 7.13. The quantitative estimate of drug-likeness (QED) is 0.565. The van der Waals surface area contributed by atoms with Gasteiger partial charge in [0.1, 0.15) is 0 Å². The largest absolute Gasteiger partial charge is 0.493 e. The number of benzene rings is 1. The van der Waals surface area contributed by atoms with Crippen LogP contribution >= 0.6 is 0 Å². The second-order valence-electron chi connectivity index (χ2n) is 4.59. The topological polar surface area (TPSA) is 106 Å². The highest BCUT2D eigenvalue weighted by molar-refractivity contribution is 5.89. The van der Waals surface area contributed by atoms with Crippen molar-refractivity contribution in [3.05, 3.63) is 18.2 Å². The third kappa shape index (κ3) is 7.37. The molecule has 0 aromatic heterocycles. The predicted molar refractivity (Wildman–Crippen MR) is 84.3 cm³/mol. The molecule has 2 amide bonds. The fourth-order valence-corrected chi connectivity index (χ4v) is 1.71. The van der Waals surface area contributed by atoms with Gasteiger partial charge in [-0.3, -0.25) is 4.79 Å². The van der Waals surface area contributed by atoms with E-state index < -0.39 is 12.0 Å². The van der Waals surface area contributed by atoms with E-state index in [9.17, 15) is 9.59 Å². The molecular formula is C15H22N2O6. The number of methoxy groups -OCH3 is 2. The number of anilines is 1. The lowest BCUT2D eigenvalue weighted by atomic mass is 10.2. The van der Waals surface area contributed by atoms with Crippen LogP contribution in [0.4, 0.5) is 10.5 Å². The average Bonchev–Trinajstić information content (AvgIpc) is 2.52. The number of carboxylic acid groups (broad SMARTS) is 1. The van der Waals surface area contributed by atoms with Crippen LogP contribution in [0.25, 0.3) is 0 Å². The Morgan fingerprint density at radius 3 is 2.61 bits per heavy atom. The Morgan fingerprint density at radius 1 is 1.17 bits per heavy atom. The van der Waals surface area contributed by atoms with E-state index in [-0.39, 0.29) is 13.0 Å². The lowest BCUT2D eigenvalue weighted by Gasteiger charge is -2.13. The SMILES string of the molecule is COCCCOc1ccc(NC(=O)NCCC(=O)O)cc1OC. The van der Waals surface area contributed by atoms with Crippen molar-refractivity contribution in [2.45, 2.75) is 12.8 Å². The molecule has 1 rings (SSSR count). The molecule has 0 aliphatic carbocycles. The van der Waals surface area contributed by atoms with Crippen molar-refractivity contribution in [1.82, 2.24) is 5.32 Å². The molecule has 0 heterocycles. The van der Waals surface area contributed by atoms with Gasteiger partial charge in [-0.25, -0.2) is 4.79 Å².